The normalized spacial score (nSPS) is 20.3. The van der Waals surface area contributed by atoms with Gasteiger partial charge in [-0.25, -0.2) is 14.2 Å². The quantitative estimate of drug-likeness (QED) is 0.719. The fraction of sp³-hybridized carbons (Fsp3) is 0.368. The van der Waals surface area contributed by atoms with Crippen molar-refractivity contribution in [2.75, 3.05) is 26.2 Å². The predicted molar refractivity (Wildman–Crippen MR) is 92.5 cm³/mol. The molecule has 0 radical (unpaired) electrons. The Morgan fingerprint density at radius 2 is 1.92 bits per heavy atom. The number of benzene rings is 2. The summed E-state index contributed by atoms with van der Waals surface area (Å²) >= 11 is 0. The van der Waals surface area contributed by atoms with E-state index < -0.39 is 11.6 Å². The van der Waals surface area contributed by atoms with Crippen LogP contribution in [0, 0.1) is 17.6 Å². The molecular weight excluding hydrogens is 324 g/mol. The van der Waals surface area contributed by atoms with Gasteiger partial charge in [0.15, 0.2) is 0 Å². The summed E-state index contributed by atoms with van der Waals surface area (Å²) in [5.74, 6) is -1.01. The molecule has 1 heterocycles. The summed E-state index contributed by atoms with van der Waals surface area (Å²) in [5.41, 5.74) is 7.79. The second-order valence-corrected chi connectivity index (χ2v) is 6.37. The van der Waals surface area contributed by atoms with Crippen LogP contribution >= 0.6 is 0 Å². The zero-order valence-electron chi connectivity index (χ0n) is 14.0. The summed E-state index contributed by atoms with van der Waals surface area (Å²) in [5, 5.41) is 9.37. The van der Waals surface area contributed by atoms with Gasteiger partial charge in [0, 0.05) is 43.7 Å². The van der Waals surface area contributed by atoms with Gasteiger partial charge in [-0.15, -0.1) is 0 Å². The van der Waals surface area contributed by atoms with Gasteiger partial charge < -0.3 is 5.11 Å². The van der Waals surface area contributed by atoms with Gasteiger partial charge in [-0.2, -0.15) is 0 Å². The maximum Gasteiger partial charge on any atom is 0.130 e. The lowest BCUT2D eigenvalue weighted by atomic mass is 9.93. The molecule has 0 amide bonds. The van der Waals surface area contributed by atoms with E-state index in [0.717, 1.165) is 12.6 Å². The minimum Gasteiger partial charge on any atom is -0.395 e. The van der Waals surface area contributed by atoms with Gasteiger partial charge in [-0.05, 0) is 11.6 Å². The monoisotopic (exact) mass is 347 g/mol. The summed E-state index contributed by atoms with van der Waals surface area (Å²) in [4.78, 5) is 2.16. The Hall–Kier alpha value is -1.86. The van der Waals surface area contributed by atoms with E-state index in [-0.39, 0.29) is 18.6 Å². The Kier molecular flexibility index (Phi) is 6.09. The average Bonchev–Trinajstić information content (AvgIpc) is 3.04. The summed E-state index contributed by atoms with van der Waals surface area (Å²) in [6.45, 7) is 2.70. The molecule has 2 aromatic carbocycles. The van der Waals surface area contributed by atoms with E-state index in [0.29, 0.717) is 25.2 Å². The molecule has 0 bridgehead atoms. The number of rotatable bonds is 7. The summed E-state index contributed by atoms with van der Waals surface area (Å²) in [7, 11) is 0. The first-order chi connectivity index (χ1) is 12.2. The predicted octanol–water partition coefficient (Wildman–Crippen LogP) is 2.22. The second-order valence-electron chi connectivity index (χ2n) is 6.37. The fourth-order valence-electron chi connectivity index (χ4n) is 3.34. The maximum absolute atomic E-state index is 14.1. The number of nitrogens with zero attached hydrogens (tertiary/aromatic N) is 1. The van der Waals surface area contributed by atoms with E-state index in [1.54, 1.807) is 0 Å². The van der Waals surface area contributed by atoms with Crippen LogP contribution in [0.2, 0.25) is 0 Å². The van der Waals surface area contributed by atoms with Crippen LogP contribution in [-0.4, -0.2) is 36.2 Å². The van der Waals surface area contributed by atoms with Crippen LogP contribution in [0.1, 0.15) is 17.2 Å². The summed E-state index contributed by atoms with van der Waals surface area (Å²) in [6.07, 6.45) is 0. The standard InChI is InChI=1S/C19H23F2N3O/c20-16-6-7-17(18(21)10-16)19-15(11-22-23-19)13-24(8-9-25)12-14-4-2-1-3-5-14/h1-7,10,15,19,22-23,25H,8-9,11-13H2. The van der Waals surface area contributed by atoms with Crippen molar-refractivity contribution in [3.05, 3.63) is 71.3 Å². The van der Waals surface area contributed by atoms with Crippen LogP contribution in [0.3, 0.4) is 0 Å². The molecule has 0 aromatic heterocycles. The van der Waals surface area contributed by atoms with Crippen LogP contribution in [-0.2, 0) is 6.54 Å². The van der Waals surface area contributed by atoms with E-state index in [9.17, 15) is 13.9 Å². The largest absolute Gasteiger partial charge is 0.395 e. The van der Waals surface area contributed by atoms with Gasteiger partial charge >= 0.3 is 0 Å². The third-order valence-corrected chi connectivity index (χ3v) is 4.55. The van der Waals surface area contributed by atoms with Gasteiger partial charge in [0.05, 0.1) is 12.6 Å². The van der Waals surface area contributed by atoms with Crippen LogP contribution < -0.4 is 10.9 Å². The molecule has 2 unspecified atom stereocenters. The molecule has 1 fully saturated rings. The van der Waals surface area contributed by atoms with E-state index in [1.165, 1.54) is 17.7 Å². The molecule has 0 saturated carbocycles. The molecule has 0 aliphatic carbocycles. The summed E-state index contributed by atoms with van der Waals surface area (Å²) < 4.78 is 27.3. The van der Waals surface area contributed by atoms with Gasteiger partial charge in [-0.3, -0.25) is 10.3 Å². The molecule has 4 nitrogen and oxygen atoms in total. The zero-order valence-corrected chi connectivity index (χ0v) is 14.0. The smallest absolute Gasteiger partial charge is 0.130 e. The van der Waals surface area contributed by atoms with E-state index in [4.69, 9.17) is 0 Å². The molecule has 2 aromatic rings. The molecule has 1 aliphatic heterocycles. The van der Waals surface area contributed by atoms with Crippen LogP contribution in [0.4, 0.5) is 8.78 Å². The molecule has 2 atom stereocenters. The molecular formula is C19H23F2N3O. The molecule has 134 valence electrons. The van der Waals surface area contributed by atoms with Gasteiger partial charge in [0.25, 0.3) is 0 Å². The first-order valence-corrected chi connectivity index (χ1v) is 8.48. The number of nitrogens with one attached hydrogen (secondary N) is 2. The first-order valence-electron chi connectivity index (χ1n) is 8.48. The Morgan fingerprint density at radius 3 is 2.64 bits per heavy atom. The average molecular weight is 347 g/mol. The molecule has 0 spiro atoms. The van der Waals surface area contributed by atoms with Crippen molar-refractivity contribution in [1.82, 2.24) is 15.8 Å². The molecule has 6 heteroatoms. The fourth-order valence-corrected chi connectivity index (χ4v) is 3.34. The number of halogens is 2. The third kappa shape index (κ3) is 4.61. The number of hydrogen-bond donors (Lipinski definition) is 3. The maximum atomic E-state index is 14.1. The Balaban J connectivity index is 1.72. The van der Waals surface area contributed by atoms with Gasteiger partial charge in [-0.1, -0.05) is 36.4 Å². The highest BCUT2D eigenvalue weighted by Crippen LogP contribution is 2.28. The van der Waals surface area contributed by atoms with Crippen LogP contribution in [0.25, 0.3) is 0 Å². The minimum atomic E-state index is -0.574. The third-order valence-electron chi connectivity index (χ3n) is 4.55. The number of aliphatic hydroxyl groups is 1. The number of aliphatic hydroxyl groups excluding tert-OH is 1. The highest BCUT2D eigenvalue weighted by atomic mass is 19.1. The molecule has 3 rings (SSSR count). The molecule has 1 aliphatic rings. The van der Waals surface area contributed by atoms with Gasteiger partial charge in [0.1, 0.15) is 11.6 Å². The molecule has 25 heavy (non-hydrogen) atoms. The Bertz CT molecular complexity index is 684. The van der Waals surface area contributed by atoms with Crippen molar-refractivity contribution >= 4 is 0 Å². The van der Waals surface area contributed by atoms with Gasteiger partial charge in [0.2, 0.25) is 0 Å². The van der Waals surface area contributed by atoms with Crippen molar-refractivity contribution in [3.8, 4) is 0 Å². The van der Waals surface area contributed by atoms with Crippen LogP contribution in [0.5, 0.6) is 0 Å². The van der Waals surface area contributed by atoms with Crippen LogP contribution in [0.15, 0.2) is 48.5 Å². The Labute approximate surface area is 146 Å². The van der Waals surface area contributed by atoms with E-state index >= 15 is 0 Å². The lowest BCUT2D eigenvalue weighted by molar-refractivity contribution is 0.166. The molecule has 1 saturated heterocycles. The lowest BCUT2D eigenvalue weighted by Crippen LogP contribution is -2.35. The highest BCUT2D eigenvalue weighted by molar-refractivity contribution is 5.24. The van der Waals surface area contributed by atoms with Crippen molar-refractivity contribution in [3.63, 3.8) is 0 Å². The minimum absolute atomic E-state index is 0.0655. The zero-order chi connectivity index (χ0) is 17.6. The second kappa shape index (κ2) is 8.49. The Morgan fingerprint density at radius 1 is 1.12 bits per heavy atom. The molecule has 3 N–H and O–H groups in total. The van der Waals surface area contributed by atoms with Crippen molar-refractivity contribution < 1.29 is 13.9 Å². The number of hydrazine groups is 1. The van der Waals surface area contributed by atoms with Crippen molar-refractivity contribution in [2.45, 2.75) is 12.6 Å². The number of hydrogen-bond acceptors (Lipinski definition) is 4. The van der Waals surface area contributed by atoms with Crippen molar-refractivity contribution in [1.29, 1.82) is 0 Å². The topological polar surface area (TPSA) is 47.5 Å². The van der Waals surface area contributed by atoms with E-state index in [1.807, 2.05) is 30.3 Å². The highest BCUT2D eigenvalue weighted by Gasteiger charge is 2.31. The van der Waals surface area contributed by atoms with Crippen molar-refractivity contribution in [2.24, 2.45) is 5.92 Å². The lowest BCUT2D eigenvalue weighted by Gasteiger charge is -2.27. The van der Waals surface area contributed by atoms with E-state index in [2.05, 4.69) is 15.8 Å². The first kappa shape index (κ1) is 17.9. The summed E-state index contributed by atoms with van der Waals surface area (Å²) in [6, 6.07) is 13.5. The SMILES string of the molecule is OCCN(Cc1ccccc1)CC1CNNC1c1ccc(F)cc1F.